The average molecular weight is 314 g/mol. The second-order valence-electron chi connectivity index (χ2n) is 5.96. The summed E-state index contributed by atoms with van der Waals surface area (Å²) < 4.78 is 7.26. The molecule has 2 aromatic heterocycles. The fourth-order valence-electron chi connectivity index (χ4n) is 2.54. The van der Waals surface area contributed by atoms with Gasteiger partial charge in [-0.1, -0.05) is 0 Å². The number of hydrogen-bond acceptors (Lipinski definition) is 4. The minimum absolute atomic E-state index is 0.128. The van der Waals surface area contributed by atoms with Gasteiger partial charge in [0.2, 0.25) is 5.88 Å². The van der Waals surface area contributed by atoms with E-state index in [0.717, 1.165) is 24.7 Å². The molecule has 6 nitrogen and oxygen atoms in total. The highest BCUT2D eigenvalue weighted by molar-refractivity contribution is 5.93. The van der Waals surface area contributed by atoms with Crippen molar-refractivity contribution in [2.75, 3.05) is 13.7 Å². The smallest absolute Gasteiger partial charge is 0.252 e. The molecule has 2 heterocycles. The van der Waals surface area contributed by atoms with Crippen LogP contribution in [0.3, 0.4) is 0 Å². The van der Waals surface area contributed by atoms with Gasteiger partial charge in [0.1, 0.15) is 5.82 Å². The molecule has 0 aliphatic heterocycles. The molecule has 1 saturated carbocycles. The van der Waals surface area contributed by atoms with Crippen molar-refractivity contribution in [1.29, 1.82) is 0 Å². The monoisotopic (exact) mass is 314 g/mol. The summed E-state index contributed by atoms with van der Waals surface area (Å²) in [6, 6.07) is 3.39. The van der Waals surface area contributed by atoms with Gasteiger partial charge in [0.25, 0.3) is 5.91 Å². The van der Waals surface area contributed by atoms with Crippen LogP contribution in [-0.4, -0.2) is 34.1 Å². The van der Waals surface area contributed by atoms with Crippen LogP contribution in [0.15, 0.2) is 24.5 Å². The van der Waals surface area contributed by atoms with Crippen LogP contribution in [-0.2, 0) is 13.0 Å². The highest BCUT2D eigenvalue weighted by atomic mass is 16.5. The molecule has 0 radical (unpaired) electrons. The maximum atomic E-state index is 12.1. The number of carbonyl (C=O) groups is 1. The molecule has 23 heavy (non-hydrogen) atoms. The number of ether oxygens (including phenoxy) is 1. The summed E-state index contributed by atoms with van der Waals surface area (Å²) in [5, 5.41) is 2.92. The topological polar surface area (TPSA) is 69.0 Å². The fraction of sp³-hybridized carbons (Fsp3) is 0.471. The normalized spacial score (nSPS) is 13.8. The van der Waals surface area contributed by atoms with E-state index in [1.807, 2.05) is 6.20 Å². The van der Waals surface area contributed by atoms with Gasteiger partial charge >= 0.3 is 0 Å². The van der Waals surface area contributed by atoms with Crippen molar-refractivity contribution >= 4 is 5.91 Å². The van der Waals surface area contributed by atoms with E-state index >= 15 is 0 Å². The van der Waals surface area contributed by atoms with Crippen LogP contribution >= 0.6 is 0 Å². The fourth-order valence-corrected chi connectivity index (χ4v) is 2.54. The van der Waals surface area contributed by atoms with Crippen LogP contribution < -0.4 is 10.1 Å². The Hall–Kier alpha value is -2.37. The van der Waals surface area contributed by atoms with Gasteiger partial charge in [-0.25, -0.2) is 9.97 Å². The molecule has 1 fully saturated rings. The Morgan fingerprint density at radius 2 is 2.17 bits per heavy atom. The van der Waals surface area contributed by atoms with Gasteiger partial charge in [0.05, 0.1) is 12.7 Å². The number of carbonyl (C=O) groups excluding carboxylic acids is 1. The van der Waals surface area contributed by atoms with Crippen LogP contribution in [0.1, 0.15) is 34.7 Å². The molecule has 2 aromatic rings. The summed E-state index contributed by atoms with van der Waals surface area (Å²) in [6.07, 6.45) is 6.80. The molecule has 0 saturated heterocycles. The Morgan fingerprint density at radius 3 is 2.83 bits per heavy atom. The summed E-state index contributed by atoms with van der Waals surface area (Å²) in [5.74, 6) is 2.22. The van der Waals surface area contributed by atoms with Gasteiger partial charge in [-0.2, -0.15) is 0 Å². The van der Waals surface area contributed by atoms with Crippen molar-refractivity contribution in [3.8, 4) is 5.88 Å². The second kappa shape index (κ2) is 6.81. The molecule has 1 aliphatic carbocycles. The van der Waals surface area contributed by atoms with E-state index in [1.54, 1.807) is 19.2 Å². The largest absolute Gasteiger partial charge is 0.481 e. The Balaban J connectivity index is 1.53. The number of amides is 1. The molecule has 0 aromatic carbocycles. The number of pyridine rings is 1. The van der Waals surface area contributed by atoms with Crippen LogP contribution in [0.5, 0.6) is 5.88 Å². The van der Waals surface area contributed by atoms with Crippen molar-refractivity contribution in [2.45, 2.75) is 32.7 Å². The number of nitrogens with one attached hydrogen (secondary N) is 1. The van der Waals surface area contributed by atoms with Crippen molar-refractivity contribution in [3.63, 3.8) is 0 Å². The van der Waals surface area contributed by atoms with Gasteiger partial charge in [0, 0.05) is 43.7 Å². The molecule has 1 aliphatic rings. The van der Waals surface area contributed by atoms with Crippen molar-refractivity contribution < 1.29 is 9.53 Å². The molecule has 0 unspecified atom stereocenters. The first-order valence-corrected chi connectivity index (χ1v) is 7.96. The van der Waals surface area contributed by atoms with Crippen LogP contribution in [0.2, 0.25) is 0 Å². The first kappa shape index (κ1) is 15.5. The van der Waals surface area contributed by atoms with Crippen LogP contribution in [0.25, 0.3) is 0 Å². The molecule has 1 amide bonds. The number of rotatable bonds is 7. The van der Waals surface area contributed by atoms with E-state index in [1.165, 1.54) is 24.7 Å². The van der Waals surface area contributed by atoms with E-state index < -0.39 is 0 Å². The van der Waals surface area contributed by atoms with E-state index in [2.05, 4.69) is 26.8 Å². The van der Waals surface area contributed by atoms with E-state index in [-0.39, 0.29) is 5.91 Å². The number of methoxy groups -OCH3 is 1. The Labute approximate surface area is 135 Å². The predicted octanol–water partition coefficient (Wildman–Crippen LogP) is 1.98. The Bertz CT molecular complexity index is 674. The highest BCUT2D eigenvalue weighted by Gasteiger charge is 2.23. The predicted molar refractivity (Wildman–Crippen MR) is 86.5 cm³/mol. The Kier molecular flexibility index (Phi) is 4.60. The molecule has 6 heteroatoms. The lowest BCUT2D eigenvalue weighted by Crippen LogP contribution is -2.26. The lowest BCUT2D eigenvalue weighted by Gasteiger charge is -2.10. The van der Waals surface area contributed by atoms with E-state index in [9.17, 15) is 4.79 Å². The second-order valence-corrected chi connectivity index (χ2v) is 5.96. The standard InChI is InChI=1S/C17H22N4O2/c1-12-9-19-15(21(12)11-13-3-4-13)7-8-18-17(22)14-5-6-16(23-2)20-10-14/h5-6,9-10,13H,3-4,7-8,11H2,1-2H3,(H,18,22). The zero-order valence-electron chi connectivity index (χ0n) is 13.6. The molecular formula is C17H22N4O2. The van der Waals surface area contributed by atoms with Crippen molar-refractivity contribution in [3.05, 3.63) is 41.6 Å². The summed E-state index contributed by atoms with van der Waals surface area (Å²) in [6.45, 7) is 3.70. The van der Waals surface area contributed by atoms with E-state index in [0.29, 0.717) is 18.0 Å². The summed E-state index contributed by atoms with van der Waals surface area (Å²) >= 11 is 0. The van der Waals surface area contributed by atoms with E-state index in [4.69, 9.17) is 4.74 Å². The molecular weight excluding hydrogens is 292 g/mol. The third-order valence-electron chi connectivity index (χ3n) is 4.12. The zero-order valence-corrected chi connectivity index (χ0v) is 13.6. The van der Waals surface area contributed by atoms with Gasteiger partial charge < -0.3 is 14.6 Å². The number of nitrogens with zero attached hydrogens (tertiary/aromatic N) is 3. The molecule has 0 atom stereocenters. The molecule has 0 spiro atoms. The summed E-state index contributed by atoms with van der Waals surface area (Å²) in [5.41, 5.74) is 1.72. The first-order chi connectivity index (χ1) is 11.2. The van der Waals surface area contributed by atoms with Gasteiger partial charge in [0.15, 0.2) is 0 Å². The first-order valence-electron chi connectivity index (χ1n) is 7.96. The van der Waals surface area contributed by atoms with Gasteiger partial charge in [-0.3, -0.25) is 4.79 Å². The highest BCUT2D eigenvalue weighted by Crippen LogP contribution is 2.31. The third kappa shape index (κ3) is 3.88. The lowest BCUT2D eigenvalue weighted by molar-refractivity contribution is 0.0953. The third-order valence-corrected chi connectivity index (χ3v) is 4.12. The molecule has 1 N–H and O–H groups in total. The number of hydrogen-bond donors (Lipinski definition) is 1. The lowest BCUT2D eigenvalue weighted by atomic mass is 10.2. The van der Waals surface area contributed by atoms with Gasteiger partial charge in [-0.05, 0) is 31.7 Å². The SMILES string of the molecule is COc1ccc(C(=O)NCCc2ncc(C)n2CC2CC2)cn1. The average Bonchev–Trinajstić information content (AvgIpc) is 3.33. The maximum Gasteiger partial charge on any atom is 0.252 e. The minimum Gasteiger partial charge on any atom is -0.481 e. The summed E-state index contributed by atoms with van der Waals surface area (Å²) in [4.78, 5) is 20.6. The molecule has 3 rings (SSSR count). The van der Waals surface area contributed by atoms with Crippen molar-refractivity contribution in [2.24, 2.45) is 5.92 Å². The Morgan fingerprint density at radius 1 is 1.35 bits per heavy atom. The molecule has 0 bridgehead atoms. The van der Waals surface area contributed by atoms with Gasteiger partial charge in [-0.15, -0.1) is 0 Å². The maximum absolute atomic E-state index is 12.1. The minimum atomic E-state index is -0.128. The van der Waals surface area contributed by atoms with Crippen molar-refractivity contribution in [1.82, 2.24) is 19.9 Å². The molecule has 122 valence electrons. The number of aromatic nitrogens is 3. The quantitative estimate of drug-likeness (QED) is 0.848. The van der Waals surface area contributed by atoms with Crippen LogP contribution in [0, 0.1) is 12.8 Å². The van der Waals surface area contributed by atoms with Crippen LogP contribution in [0.4, 0.5) is 0 Å². The number of imidazole rings is 1. The summed E-state index contributed by atoms with van der Waals surface area (Å²) in [7, 11) is 1.55. The zero-order chi connectivity index (χ0) is 16.2. The number of aryl methyl sites for hydroxylation is 1.